The summed E-state index contributed by atoms with van der Waals surface area (Å²) in [6, 6.07) is 9.24. The summed E-state index contributed by atoms with van der Waals surface area (Å²) in [6.07, 6.45) is 2.61. The standard InChI is InChI=1S/C25H34N2O4S/c1-6-12-26(18(2)25(3,4)29)16-24(28)27-13-10-23-21(11-14-32-23)22(27)17-31-20-9-7-8-19(15-20)30-5/h6-9,11,14-15,18,22,29H,1,10,12-13,16-17H2,2-5H3. The van der Waals surface area contributed by atoms with E-state index in [0.29, 0.717) is 25.4 Å². The lowest BCUT2D eigenvalue weighted by atomic mass is 9.98. The summed E-state index contributed by atoms with van der Waals surface area (Å²) in [5.74, 6) is 1.47. The van der Waals surface area contributed by atoms with Gasteiger partial charge in [0, 0.05) is 30.1 Å². The molecular weight excluding hydrogens is 424 g/mol. The molecule has 0 bridgehead atoms. The van der Waals surface area contributed by atoms with Gasteiger partial charge in [0.1, 0.15) is 18.1 Å². The van der Waals surface area contributed by atoms with Gasteiger partial charge in [0.15, 0.2) is 0 Å². The Morgan fingerprint density at radius 1 is 1.41 bits per heavy atom. The zero-order chi connectivity index (χ0) is 23.3. The Bertz CT molecular complexity index is 921. The maximum absolute atomic E-state index is 13.5. The van der Waals surface area contributed by atoms with Crippen molar-refractivity contribution in [1.82, 2.24) is 9.80 Å². The second-order valence-corrected chi connectivity index (χ2v) is 9.69. The molecule has 1 N–H and O–H groups in total. The lowest BCUT2D eigenvalue weighted by Crippen LogP contribution is -2.53. The number of rotatable bonds is 10. The van der Waals surface area contributed by atoms with Gasteiger partial charge in [-0.1, -0.05) is 12.1 Å². The van der Waals surface area contributed by atoms with Crippen LogP contribution in [0, 0.1) is 0 Å². The molecule has 2 heterocycles. The first-order chi connectivity index (χ1) is 15.2. The number of methoxy groups -OCH3 is 1. The van der Waals surface area contributed by atoms with E-state index in [0.717, 1.165) is 17.7 Å². The molecule has 0 saturated carbocycles. The van der Waals surface area contributed by atoms with Crippen molar-refractivity contribution in [2.45, 2.75) is 44.9 Å². The normalized spacial score (nSPS) is 17.1. The highest BCUT2D eigenvalue weighted by atomic mass is 32.1. The van der Waals surface area contributed by atoms with Crippen molar-refractivity contribution in [3.8, 4) is 11.5 Å². The van der Waals surface area contributed by atoms with Gasteiger partial charge < -0.3 is 19.5 Å². The number of amides is 1. The highest BCUT2D eigenvalue weighted by Crippen LogP contribution is 2.34. The minimum atomic E-state index is -0.930. The van der Waals surface area contributed by atoms with Gasteiger partial charge in [0.25, 0.3) is 0 Å². The first-order valence-electron chi connectivity index (χ1n) is 10.9. The van der Waals surface area contributed by atoms with Crippen LogP contribution in [-0.2, 0) is 11.2 Å². The number of thiophene rings is 1. The van der Waals surface area contributed by atoms with Crippen molar-refractivity contribution in [3.63, 3.8) is 0 Å². The molecule has 2 unspecified atom stereocenters. The number of nitrogens with zero attached hydrogens (tertiary/aromatic N) is 2. The number of carbonyl (C=O) groups is 1. The Balaban J connectivity index is 1.78. The van der Waals surface area contributed by atoms with E-state index in [1.54, 1.807) is 38.4 Å². The molecule has 1 aliphatic rings. The second-order valence-electron chi connectivity index (χ2n) is 8.69. The molecule has 174 valence electrons. The summed E-state index contributed by atoms with van der Waals surface area (Å²) in [6.45, 7) is 11.0. The molecule has 1 aliphatic heterocycles. The van der Waals surface area contributed by atoms with Crippen molar-refractivity contribution in [3.05, 3.63) is 58.8 Å². The molecule has 1 aromatic carbocycles. The summed E-state index contributed by atoms with van der Waals surface area (Å²) < 4.78 is 11.4. The number of aliphatic hydroxyl groups is 1. The van der Waals surface area contributed by atoms with Gasteiger partial charge in [-0.15, -0.1) is 17.9 Å². The third kappa shape index (κ3) is 5.71. The molecule has 3 rings (SSSR count). The highest BCUT2D eigenvalue weighted by Gasteiger charge is 2.35. The van der Waals surface area contributed by atoms with E-state index in [9.17, 15) is 9.90 Å². The van der Waals surface area contributed by atoms with Gasteiger partial charge in [-0.2, -0.15) is 0 Å². The van der Waals surface area contributed by atoms with Gasteiger partial charge in [-0.05, 0) is 56.3 Å². The average molecular weight is 459 g/mol. The van der Waals surface area contributed by atoms with Crippen molar-refractivity contribution in [2.24, 2.45) is 0 Å². The molecule has 1 amide bonds. The largest absolute Gasteiger partial charge is 0.497 e. The van der Waals surface area contributed by atoms with Crippen molar-refractivity contribution >= 4 is 17.2 Å². The van der Waals surface area contributed by atoms with Crippen LogP contribution in [0.5, 0.6) is 11.5 Å². The van der Waals surface area contributed by atoms with Gasteiger partial charge in [-0.3, -0.25) is 9.69 Å². The summed E-state index contributed by atoms with van der Waals surface area (Å²) >= 11 is 1.73. The van der Waals surface area contributed by atoms with Crippen molar-refractivity contribution in [2.75, 3.05) is 33.4 Å². The Kier molecular flexibility index (Phi) is 7.98. The highest BCUT2D eigenvalue weighted by molar-refractivity contribution is 7.10. The minimum absolute atomic E-state index is 0.0269. The van der Waals surface area contributed by atoms with Gasteiger partial charge in [0.05, 0.1) is 25.3 Å². The predicted octanol–water partition coefficient (Wildman–Crippen LogP) is 3.91. The molecule has 0 fully saturated rings. The molecule has 2 atom stereocenters. The van der Waals surface area contributed by atoms with Gasteiger partial charge in [-0.25, -0.2) is 0 Å². The molecule has 32 heavy (non-hydrogen) atoms. The van der Waals surface area contributed by atoms with Gasteiger partial charge in [0.2, 0.25) is 5.91 Å². The number of benzene rings is 1. The van der Waals surface area contributed by atoms with Crippen LogP contribution < -0.4 is 9.47 Å². The molecule has 0 spiro atoms. The van der Waals surface area contributed by atoms with Crippen LogP contribution >= 0.6 is 11.3 Å². The quantitative estimate of drug-likeness (QED) is 0.547. The number of fused-ring (bicyclic) bond motifs is 1. The van der Waals surface area contributed by atoms with E-state index in [2.05, 4.69) is 18.0 Å². The van der Waals surface area contributed by atoms with E-state index >= 15 is 0 Å². The van der Waals surface area contributed by atoms with Crippen LogP contribution in [0.3, 0.4) is 0 Å². The summed E-state index contributed by atoms with van der Waals surface area (Å²) in [4.78, 5) is 18.7. The molecule has 2 aromatic rings. The van der Waals surface area contributed by atoms with Crippen LogP contribution in [-0.4, -0.2) is 65.8 Å². The zero-order valence-electron chi connectivity index (χ0n) is 19.4. The molecular formula is C25H34N2O4S. The molecule has 1 aromatic heterocycles. The number of hydrogen-bond donors (Lipinski definition) is 1. The fourth-order valence-corrected chi connectivity index (χ4v) is 4.91. The molecule has 0 aliphatic carbocycles. The van der Waals surface area contributed by atoms with Crippen LogP contribution in [0.25, 0.3) is 0 Å². The van der Waals surface area contributed by atoms with E-state index in [4.69, 9.17) is 9.47 Å². The molecule has 0 saturated heterocycles. The monoisotopic (exact) mass is 458 g/mol. The topological polar surface area (TPSA) is 62.2 Å². The zero-order valence-corrected chi connectivity index (χ0v) is 20.2. The summed E-state index contributed by atoms with van der Waals surface area (Å²) in [5, 5.41) is 12.6. The number of hydrogen-bond acceptors (Lipinski definition) is 6. The average Bonchev–Trinajstić information content (AvgIpc) is 3.25. The smallest absolute Gasteiger partial charge is 0.237 e. The minimum Gasteiger partial charge on any atom is -0.497 e. The second kappa shape index (κ2) is 10.5. The Labute approximate surface area is 195 Å². The Hall–Kier alpha value is -2.35. The van der Waals surface area contributed by atoms with Crippen LogP contribution in [0.4, 0.5) is 0 Å². The maximum Gasteiger partial charge on any atom is 0.237 e. The SMILES string of the molecule is C=CCN(CC(=O)N1CCc2sccc2C1COc1cccc(OC)c1)C(C)C(C)(C)O. The molecule has 0 radical (unpaired) electrons. The van der Waals surface area contributed by atoms with E-state index in [-0.39, 0.29) is 24.5 Å². The van der Waals surface area contributed by atoms with Crippen LogP contribution in [0.2, 0.25) is 0 Å². The fourth-order valence-electron chi connectivity index (χ4n) is 3.98. The van der Waals surface area contributed by atoms with E-state index in [1.807, 2.05) is 41.0 Å². The van der Waals surface area contributed by atoms with Crippen molar-refractivity contribution in [1.29, 1.82) is 0 Å². The van der Waals surface area contributed by atoms with E-state index in [1.165, 1.54) is 4.88 Å². The lowest BCUT2D eigenvalue weighted by molar-refractivity contribution is -0.137. The fraction of sp³-hybridized carbons (Fsp3) is 0.480. The van der Waals surface area contributed by atoms with Crippen LogP contribution in [0.1, 0.15) is 37.3 Å². The van der Waals surface area contributed by atoms with Crippen molar-refractivity contribution < 1.29 is 19.4 Å². The molecule has 7 heteroatoms. The van der Waals surface area contributed by atoms with E-state index < -0.39 is 5.60 Å². The molecule has 6 nitrogen and oxygen atoms in total. The Morgan fingerprint density at radius 3 is 2.84 bits per heavy atom. The Morgan fingerprint density at radius 2 is 2.16 bits per heavy atom. The lowest BCUT2D eigenvalue weighted by Gasteiger charge is -2.40. The van der Waals surface area contributed by atoms with Gasteiger partial charge >= 0.3 is 0 Å². The number of carbonyl (C=O) groups excluding carboxylic acids is 1. The third-order valence-electron chi connectivity index (χ3n) is 6.14. The number of ether oxygens (including phenoxy) is 2. The first kappa shape index (κ1) is 24.3. The summed E-state index contributed by atoms with van der Waals surface area (Å²) in [7, 11) is 1.63. The maximum atomic E-state index is 13.5. The first-order valence-corrected chi connectivity index (χ1v) is 11.8. The van der Waals surface area contributed by atoms with Crippen LogP contribution in [0.15, 0.2) is 48.4 Å². The third-order valence-corrected chi connectivity index (χ3v) is 7.13. The predicted molar refractivity (Wildman–Crippen MR) is 128 cm³/mol. The summed E-state index contributed by atoms with van der Waals surface area (Å²) in [5.41, 5.74) is 0.226.